The zero-order chi connectivity index (χ0) is 8.81. The van der Waals surface area contributed by atoms with Crippen LogP contribution in [0, 0.1) is 0 Å². The fourth-order valence-electron chi connectivity index (χ4n) is 1.14. The highest BCUT2D eigenvalue weighted by atomic mass is 15.1. The summed E-state index contributed by atoms with van der Waals surface area (Å²) in [5.41, 5.74) is 10.1. The van der Waals surface area contributed by atoms with Crippen LogP contribution in [-0.2, 0) is 6.42 Å². The van der Waals surface area contributed by atoms with Gasteiger partial charge in [-0.25, -0.2) is 0 Å². The summed E-state index contributed by atoms with van der Waals surface area (Å²) < 4.78 is 0. The molecule has 0 amide bonds. The number of hydrogen-bond donors (Lipinski definition) is 0. The molecule has 1 rings (SSSR count). The van der Waals surface area contributed by atoms with E-state index in [9.17, 15) is 0 Å². The van der Waals surface area contributed by atoms with Gasteiger partial charge in [0.25, 0.3) is 0 Å². The standard InChI is InChI=1S/C9H11N3/c1-2-5-8-6-3-4-7-9(8)11-12-10/h3-4,6-7H,2,5H2,1H3. The third-order valence-corrected chi connectivity index (χ3v) is 1.66. The SMILES string of the molecule is CCCc1ccccc1N=[N+]=[N-]. The highest BCUT2D eigenvalue weighted by Crippen LogP contribution is 2.19. The largest absolute Gasteiger partial charge is 0.0651 e. The molecule has 0 saturated carbocycles. The molecular weight excluding hydrogens is 150 g/mol. The molecule has 0 radical (unpaired) electrons. The van der Waals surface area contributed by atoms with Crippen molar-refractivity contribution >= 4 is 5.69 Å². The predicted octanol–water partition coefficient (Wildman–Crippen LogP) is 3.58. The molecule has 1 aromatic carbocycles. The van der Waals surface area contributed by atoms with E-state index in [4.69, 9.17) is 5.53 Å². The van der Waals surface area contributed by atoms with Crippen molar-refractivity contribution in [2.75, 3.05) is 0 Å². The van der Waals surface area contributed by atoms with Crippen molar-refractivity contribution in [3.8, 4) is 0 Å². The summed E-state index contributed by atoms with van der Waals surface area (Å²) in [5.74, 6) is 0. The van der Waals surface area contributed by atoms with Crippen LogP contribution in [0.3, 0.4) is 0 Å². The molecule has 12 heavy (non-hydrogen) atoms. The minimum Gasteiger partial charge on any atom is -0.0651 e. The van der Waals surface area contributed by atoms with Crippen LogP contribution < -0.4 is 0 Å². The summed E-state index contributed by atoms with van der Waals surface area (Å²) in [7, 11) is 0. The van der Waals surface area contributed by atoms with Crippen molar-refractivity contribution in [1.82, 2.24) is 0 Å². The number of hydrogen-bond acceptors (Lipinski definition) is 1. The summed E-state index contributed by atoms with van der Waals surface area (Å²) in [6.45, 7) is 2.10. The van der Waals surface area contributed by atoms with Gasteiger partial charge in [-0.2, -0.15) is 0 Å². The summed E-state index contributed by atoms with van der Waals surface area (Å²) in [6, 6.07) is 7.67. The van der Waals surface area contributed by atoms with Crippen molar-refractivity contribution in [3.05, 3.63) is 40.3 Å². The van der Waals surface area contributed by atoms with Gasteiger partial charge in [-0.15, -0.1) is 0 Å². The first-order valence-electron chi connectivity index (χ1n) is 4.01. The Balaban J connectivity index is 2.99. The van der Waals surface area contributed by atoms with Crippen LogP contribution in [0.1, 0.15) is 18.9 Å². The van der Waals surface area contributed by atoms with Crippen molar-refractivity contribution in [2.24, 2.45) is 5.11 Å². The Kier molecular flexibility index (Phi) is 3.17. The van der Waals surface area contributed by atoms with Gasteiger partial charge in [-0.3, -0.25) is 0 Å². The Hall–Kier alpha value is -1.47. The first-order chi connectivity index (χ1) is 5.88. The van der Waals surface area contributed by atoms with E-state index >= 15 is 0 Å². The lowest BCUT2D eigenvalue weighted by Crippen LogP contribution is -1.81. The number of benzene rings is 1. The quantitative estimate of drug-likeness (QED) is 0.369. The molecule has 3 nitrogen and oxygen atoms in total. The molecule has 0 spiro atoms. The maximum absolute atomic E-state index is 8.27. The topological polar surface area (TPSA) is 48.8 Å². The van der Waals surface area contributed by atoms with Gasteiger partial charge in [0.15, 0.2) is 0 Å². The van der Waals surface area contributed by atoms with Crippen LogP contribution in [0.2, 0.25) is 0 Å². The van der Waals surface area contributed by atoms with E-state index < -0.39 is 0 Å². The second kappa shape index (κ2) is 4.42. The molecule has 0 aliphatic carbocycles. The van der Waals surface area contributed by atoms with Gasteiger partial charge in [-0.05, 0) is 17.5 Å². The smallest absolute Gasteiger partial charge is 0.0407 e. The zero-order valence-electron chi connectivity index (χ0n) is 7.07. The molecule has 0 aliphatic heterocycles. The maximum Gasteiger partial charge on any atom is 0.0407 e. The number of rotatable bonds is 3. The Morgan fingerprint density at radius 1 is 1.42 bits per heavy atom. The van der Waals surface area contributed by atoms with Crippen LogP contribution in [0.4, 0.5) is 5.69 Å². The third kappa shape index (κ3) is 2.01. The first-order valence-corrected chi connectivity index (χ1v) is 4.01. The van der Waals surface area contributed by atoms with Gasteiger partial charge in [0, 0.05) is 10.6 Å². The van der Waals surface area contributed by atoms with Crippen LogP contribution in [0.25, 0.3) is 10.4 Å². The second-order valence-electron chi connectivity index (χ2n) is 2.57. The second-order valence-corrected chi connectivity index (χ2v) is 2.57. The molecule has 0 fully saturated rings. The first kappa shape index (κ1) is 8.62. The van der Waals surface area contributed by atoms with Crippen molar-refractivity contribution in [1.29, 1.82) is 0 Å². The van der Waals surface area contributed by atoms with E-state index in [-0.39, 0.29) is 0 Å². The molecule has 3 heteroatoms. The van der Waals surface area contributed by atoms with Crippen LogP contribution in [0.15, 0.2) is 29.4 Å². The van der Waals surface area contributed by atoms with Crippen LogP contribution in [0.5, 0.6) is 0 Å². The molecule has 0 heterocycles. The average molecular weight is 161 g/mol. The zero-order valence-corrected chi connectivity index (χ0v) is 7.07. The molecule has 0 saturated heterocycles. The van der Waals surface area contributed by atoms with Gasteiger partial charge in [0.2, 0.25) is 0 Å². The van der Waals surface area contributed by atoms with Crippen molar-refractivity contribution in [3.63, 3.8) is 0 Å². The summed E-state index contributed by atoms with van der Waals surface area (Å²) in [6.07, 6.45) is 2.03. The highest BCUT2D eigenvalue weighted by Gasteiger charge is 1.96. The van der Waals surface area contributed by atoms with E-state index in [1.165, 1.54) is 0 Å². The van der Waals surface area contributed by atoms with Gasteiger partial charge in [0.1, 0.15) is 0 Å². The van der Waals surface area contributed by atoms with Gasteiger partial charge in [-0.1, -0.05) is 42.7 Å². The predicted molar refractivity (Wildman–Crippen MR) is 49.2 cm³/mol. The molecular formula is C9H11N3. The fraction of sp³-hybridized carbons (Fsp3) is 0.333. The summed E-state index contributed by atoms with van der Waals surface area (Å²) in [4.78, 5) is 2.77. The minimum atomic E-state index is 0.752. The highest BCUT2D eigenvalue weighted by molar-refractivity contribution is 5.45. The maximum atomic E-state index is 8.27. The van der Waals surface area contributed by atoms with Crippen molar-refractivity contribution < 1.29 is 0 Å². The van der Waals surface area contributed by atoms with E-state index in [0.717, 1.165) is 24.1 Å². The lowest BCUT2D eigenvalue weighted by molar-refractivity contribution is 0.921. The lowest BCUT2D eigenvalue weighted by Gasteiger charge is -2.00. The van der Waals surface area contributed by atoms with Gasteiger partial charge < -0.3 is 0 Å². The van der Waals surface area contributed by atoms with E-state index in [0.29, 0.717) is 0 Å². The van der Waals surface area contributed by atoms with Crippen molar-refractivity contribution in [2.45, 2.75) is 19.8 Å². The monoisotopic (exact) mass is 161 g/mol. The molecule has 0 unspecified atom stereocenters. The Labute approximate surface area is 71.7 Å². The third-order valence-electron chi connectivity index (χ3n) is 1.66. The normalized spacial score (nSPS) is 9.08. The summed E-state index contributed by atoms with van der Waals surface area (Å²) >= 11 is 0. The van der Waals surface area contributed by atoms with E-state index in [1.54, 1.807) is 0 Å². The van der Waals surface area contributed by atoms with Crippen LogP contribution in [-0.4, -0.2) is 0 Å². The molecule has 0 aromatic heterocycles. The van der Waals surface area contributed by atoms with E-state index in [2.05, 4.69) is 16.9 Å². The minimum absolute atomic E-state index is 0.752. The molecule has 0 N–H and O–H groups in total. The fourth-order valence-corrected chi connectivity index (χ4v) is 1.14. The molecule has 0 aliphatic rings. The van der Waals surface area contributed by atoms with E-state index in [1.807, 2.05) is 24.3 Å². The molecule has 1 aromatic rings. The Morgan fingerprint density at radius 2 is 2.17 bits per heavy atom. The lowest BCUT2D eigenvalue weighted by atomic mass is 10.1. The number of aryl methyl sites for hydroxylation is 1. The number of nitrogens with zero attached hydrogens (tertiary/aromatic N) is 3. The van der Waals surface area contributed by atoms with Gasteiger partial charge in [0.05, 0.1) is 0 Å². The number of azide groups is 1. The average Bonchev–Trinajstić information content (AvgIpc) is 2.09. The summed E-state index contributed by atoms with van der Waals surface area (Å²) in [5, 5.41) is 3.61. The molecule has 62 valence electrons. The Morgan fingerprint density at radius 3 is 2.83 bits per heavy atom. The Bertz CT molecular complexity index is 300. The molecule has 0 atom stereocenters. The van der Waals surface area contributed by atoms with Crippen LogP contribution >= 0.6 is 0 Å². The van der Waals surface area contributed by atoms with Gasteiger partial charge >= 0.3 is 0 Å². The molecule has 0 bridgehead atoms.